The average molecular weight is 375 g/mol. The SMILES string of the molecule is COC(=O)c1ccc(C)c(NC(=O)COC(=O)COc2cccc(F)c2)c1. The van der Waals surface area contributed by atoms with E-state index in [9.17, 15) is 18.8 Å². The van der Waals surface area contributed by atoms with Crippen LogP contribution < -0.4 is 10.1 Å². The number of amides is 1. The maximum absolute atomic E-state index is 13.0. The van der Waals surface area contributed by atoms with Gasteiger partial charge in [-0.05, 0) is 36.8 Å². The van der Waals surface area contributed by atoms with Crippen LogP contribution in [0.2, 0.25) is 0 Å². The zero-order valence-corrected chi connectivity index (χ0v) is 14.8. The molecule has 1 N–H and O–H groups in total. The highest BCUT2D eigenvalue weighted by Gasteiger charge is 2.12. The van der Waals surface area contributed by atoms with E-state index in [2.05, 4.69) is 10.1 Å². The lowest BCUT2D eigenvalue weighted by Gasteiger charge is -2.11. The van der Waals surface area contributed by atoms with Crippen molar-refractivity contribution in [2.45, 2.75) is 6.92 Å². The fraction of sp³-hybridized carbons (Fsp3) is 0.211. The van der Waals surface area contributed by atoms with Crippen LogP contribution in [0.5, 0.6) is 5.75 Å². The number of aryl methyl sites for hydroxylation is 1. The lowest BCUT2D eigenvalue weighted by molar-refractivity contribution is -0.149. The molecule has 7 nitrogen and oxygen atoms in total. The number of halogens is 1. The number of esters is 2. The standard InChI is InChI=1S/C19H18FNO6/c1-12-6-7-13(19(24)25-2)8-16(12)21-17(22)10-27-18(23)11-26-15-5-3-4-14(20)9-15/h3-9H,10-11H2,1-2H3,(H,21,22). The normalized spacial score (nSPS) is 10.0. The first-order valence-corrected chi connectivity index (χ1v) is 7.92. The molecule has 0 saturated heterocycles. The van der Waals surface area contributed by atoms with Crippen molar-refractivity contribution in [1.29, 1.82) is 0 Å². The zero-order valence-electron chi connectivity index (χ0n) is 14.8. The molecule has 0 radical (unpaired) electrons. The minimum atomic E-state index is -0.783. The van der Waals surface area contributed by atoms with Crippen LogP contribution in [0.15, 0.2) is 42.5 Å². The van der Waals surface area contributed by atoms with Gasteiger partial charge in [0.2, 0.25) is 0 Å². The summed E-state index contributed by atoms with van der Waals surface area (Å²) in [4.78, 5) is 35.1. The minimum absolute atomic E-state index is 0.173. The van der Waals surface area contributed by atoms with Crippen LogP contribution in [0.4, 0.5) is 10.1 Å². The number of hydrogen-bond acceptors (Lipinski definition) is 6. The van der Waals surface area contributed by atoms with Crippen LogP contribution in [0.1, 0.15) is 15.9 Å². The second-order valence-electron chi connectivity index (χ2n) is 5.48. The van der Waals surface area contributed by atoms with E-state index in [1.54, 1.807) is 19.1 Å². The van der Waals surface area contributed by atoms with Crippen molar-refractivity contribution in [1.82, 2.24) is 0 Å². The van der Waals surface area contributed by atoms with Gasteiger partial charge < -0.3 is 19.5 Å². The van der Waals surface area contributed by atoms with E-state index in [-0.39, 0.29) is 11.3 Å². The Morgan fingerprint density at radius 2 is 1.85 bits per heavy atom. The van der Waals surface area contributed by atoms with Crippen molar-refractivity contribution >= 4 is 23.5 Å². The molecule has 0 atom stereocenters. The van der Waals surface area contributed by atoms with Gasteiger partial charge in [-0.15, -0.1) is 0 Å². The van der Waals surface area contributed by atoms with Gasteiger partial charge in [-0.1, -0.05) is 12.1 Å². The van der Waals surface area contributed by atoms with E-state index >= 15 is 0 Å². The number of anilines is 1. The Morgan fingerprint density at radius 3 is 2.56 bits per heavy atom. The van der Waals surface area contributed by atoms with Crippen LogP contribution in [-0.4, -0.2) is 38.2 Å². The van der Waals surface area contributed by atoms with E-state index in [1.165, 1.54) is 31.4 Å². The summed E-state index contributed by atoms with van der Waals surface area (Å²) < 4.78 is 27.5. The van der Waals surface area contributed by atoms with E-state index in [0.29, 0.717) is 5.69 Å². The molecule has 142 valence electrons. The molecule has 0 aliphatic heterocycles. The number of nitrogens with one attached hydrogen (secondary N) is 1. The summed E-state index contributed by atoms with van der Waals surface area (Å²) in [7, 11) is 1.26. The zero-order chi connectivity index (χ0) is 19.8. The molecule has 2 aromatic carbocycles. The molecule has 0 spiro atoms. The van der Waals surface area contributed by atoms with Crippen molar-refractivity contribution in [2.24, 2.45) is 0 Å². The number of carbonyl (C=O) groups excluding carboxylic acids is 3. The third-order valence-corrected chi connectivity index (χ3v) is 3.45. The summed E-state index contributed by atoms with van der Waals surface area (Å²) in [5.41, 5.74) is 1.39. The van der Waals surface area contributed by atoms with Crippen molar-refractivity contribution in [2.75, 3.05) is 25.6 Å². The molecule has 0 fully saturated rings. The maximum Gasteiger partial charge on any atom is 0.344 e. The topological polar surface area (TPSA) is 90.9 Å². The smallest absolute Gasteiger partial charge is 0.344 e. The third kappa shape index (κ3) is 6.10. The maximum atomic E-state index is 13.0. The number of benzene rings is 2. The van der Waals surface area contributed by atoms with Gasteiger partial charge in [0.05, 0.1) is 12.7 Å². The molecule has 0 bridgehead atoms. The number of carbonyl (C=O) groups is 3. The molecule has 0 saturated carbocycles. The molecule has 2 rings (SSSR count). The van der Waals surface area contributed by atoms with Gasteiger partial charge >= 0.3 is 11.9 Å². The van der Waals surface area contributed by atoms with Gasteiger partial charge in [-0.2, -0.15) is 0 Å². The predicted octanol–water partition coefficient (Wildman–Crippen LogP) is 2.48. The fourth-order valence-corrected chi connectivity index (χ4v) is 2.07. The highest BCUT2D eigenvalue weighted by atomic mass is 19.1. The van der Waals surface area contributed by atoms with Crippen LogP contribution >= 0.6 is 0 Å². The van der Waals surface area contributed by atoms with Crippen molar-refractivity contribution in [3.8, 4) is 5.75 Å². The van der Waals surface area contributed by atoms with Gasteiger partial charge in [0.15, 0.2) is 13.2 Å². The van der Waals surface area contributed by atoms with E-state index in [4.69, 9.17) is 9.47 Å². The Balaban J connectivity index is 1.83. The Morgan fingerprint density at radius 1 is 1.07 bits per heavy atom. The van der Waals surface area contributed by atoms with Crippen LogP contribution in [0.3, 0.4) is 0 Å². The highest BCUT2D eigenvalue weighted by molar-refractivity contribution is 5.96. The van der Waals surface area contributed by atoms with Crippen molar-refractivity contribution < 1.29 is 33.0 Å². The summed E-state index contributed by atoms with van der Waals surface area (Å²) in [6, 6.07) is 9.98. The number of hydrogen-bond donors (Lipinski definition) is 1. The molecule has 0 aliphatic carbocycles. The Labute approximate surface area is 155 Å². The monoisotopic (exact) mass is 375 g/mol. The quantitative estimate of drug-likeness (QED) is 0.748. The number of ether oxygens (including phenoxy) is 3. The van der Waals surface area contributed by atoms with Gasteiger partial charge in [0, 0.05) is 11.8 Å². The summed E-state index contributed by atoms with van der Waals surface area (Å²) in [6.07, 6.45) is 0. The summed E-state index contributed by atoms with van der Waals surface area (Å²) >= 11 is 0. The Bertz CT molecular complexity index is 852. The first kappa shape index (κ1) is 19.9. The van der Waals surface area contributed by atoms with Gasteiger partial charge in [0.25, 0.3) is 5.91 Å². The lowest BCUT2D eigenvalue weighted by Crippen LogP contribution is -2.24. The Kier molecular flexibility index (Phi) is 6.87. The van der Waals surface area contributed by atoms with Gasteiger partial charge in [-0.25, -0.2) is 14.0 Å². The van der Waals surface area contributed by atoms with E-state index < -0.39 is 36.9 Å². The van der Waals surface area contributed by atoms with Crippen molar-refractivity contribution in [3.63, 3.8) is 0 Å². The fourth-order valence-electron chi connectivity index (χ4n) is 2.07. The molecule has 0 aromatic heterocycles. The molecule has 0 heterocycles. The molecule has 2 aromatic rings. The van der Waals surface area contributed by atoms with E-state index in [1.807, 2.05) is 0 Å². The predicted molar refractivity (Wildman–Crippen MR) is 94.0 cm³/mol. The first-order chi connectivity index (χ1) is 12.9. The molecule has 0 aliphatic rings. The lowest BCUT2D eigenvalue weighted by atomic mass is 10.1. The summed E-state index contributed by atoms with van der Waals surface area (Å²) in [5, 5.41) is 2.55. The Hall–Kier alpha value is -3.42. The number of methoxy groups -OCH3 is 1. The second kappa shape index (κ2) is 9.33. The molecule has 8 heteroatoms. The molecule has 0 unspecified atom stereocenters. The molecule has 1 amide bonds. The number of rotatable bonds is 7. The summed E-state index contributed by atoms with van der Waals surface area (Å²) in [5.74, 6) is -2.23. The van der Waals surface area contributed by atoms with Crippen LogP contribution in [-0.2, 0) is 19.1 Å². The highest BCUT2D eigenvalue weighted by Crippen LogP contribution is 2.17. The average Bonchev–Trinajstić information content (AvgIpc) is 2.66. The van der Waals surface area contributed by atoms with Crippen LogP contribution in [0, 0.1) is 12.7 Å². The van der Waals surface area contributed by atoms with Gasteiger partial charge in [0.1, 0.15) is 11.6 Å². The molecular formula is C19H18FNO6. The van der Waals surface area contributed by atoms with Crippen molar-refractivity contribution in [3.05, 3.63) is 59.4 Å². The second-order valence-corrected chi connectivity index (χ2v) is 5.48. The van der Waals surface area contributed by atoms with Crippen LogP contribution in [0.25, 0.3) is 0 Å². The summed E-state index contributed by atoms with van der Waals surface area (Å²) in [6.45, 7) is 0.746. The minimum Gasteiger partial charge on any atom is -0.482 e. The third-order valence-electron chi connectivity index (χ3n) is 3.45. The molecule has 27 heavy (non-hydrogen) atoms. The molecular weight excluding hydrogens is 357 g/mol. The van der Waals surface area contributed by atoms with Gasteiger partial charge in [-0.3, -0.25) is 4.79 Å². The van der Waals surface area contributed by atoms with E-state index in [0.717, 1.165) is 11.6 Å². The first-order valence-electron chi connectivity index (χ1n) is 7.92. The largest absolute Gasteiger partial charge is 0.482 e.